The average Bonchev–Trinajstić information content (AvgIpc) is 2.62. The molecule has 1 heterocycles. The van der Waals surface area contributed by atoms with Gasteiger partial charge in [-0.05, 0) is 37.1 Å². The molecular formula is C19H21N3O2. The number of nitrogens with one attached hydrogen (secondary N) is 1. The van der Waals surface area contributed by atoms with Crippen molar-refractivity contribution in [1.29, 1.82) is 0 Å². The number of likely N-dealkylation sites (tertiary alicyclic amines) is 1. The van der Waals surface area contributed by atoms with Gasteiger partial charge in [0.25, 0.3) is 5.91 Å². The van der Waals surface area contributed by atoms with E-state index < -0.39 is 0 Å². The maximum Gasteiger partial charge on any atom is 0.255 e. The molecule has 2 aromatic carbocycles. The van der Waals surface area contributed by atoms with Gasteiger partial charge in [0.15, 0.2) is 0 Å². The van der Waals surface area contributed by atoms with Gasteiger partial charge in [-0.3, -0.25) is 9.59 Å². The van der Waals surface area contributed by atoms with Crippen LogP contribution in [0.15, 0.2) is 54.6 Å². The highest BCUT2D eigenvalue weighted by atomic mass is 16.2. The number of benzene rings is 2. The van der Waals surface area contributed by atoms with Crippen LogP contribution in [0.2, 0.25) is 0 Å². The predicted octanol–water partition coefficient (Wildman–Crippen LogP) is 2.77. The van der Waals surface area contributed by atoms with Crippen molar-refractivity contribution in [3.05, 3.63) is 60.2 Å². The molecule has 3 N–H and O–H groups in total. The Morgan fingerprint density at radius 2 is 1.75 bits per heavy atom. The number of hydrogen-bond donors (Lipinski definition) is 2. The molecule has 2 aromatic rings. The molecule has 0 radical (unpaired) electrons. The normalized spacial score (nSPS) is 17.3. The molecule has 1 aliphatic heterocycles. The monoisotopic (exact) mass is 323 g/mol. The number of carbonyl (C=O) groups is 2. The molecule has 0 saturated carbocycles. The lowest BCUT2D eigenvalue weighted by atomic mass is 9.96. The summed E-state index contributed by atoms with van der Waals surface area (Å²) in [6.45, 7) is 1.05. The number of nitrogens with two attached hydrogens (primary N) is 1. The van der Waals surface area contributed by atoms with Crippen LogP contribution in [0.3, 0.4) is 0 Å². The predicted molar refractivity (Wildman–Crippen MR) is 94.0 cm³/mol. The third kappa shape index (κ3) is 3.56. The van der Waals surface area contributed by atoms with Gasteiger partial charge in [0.1, 0.15) is 0 Å². The lowest BCUT2D eigenvalue weighted by Gasteiger charge is -2.31. The summed E-state index contributed by atoms with van der Waals surface area (Å²) >= 11 is 0. The van der Waals surface area contributed by atoms with Crippen molar-refractivity contribution in [3.63, 3.8) is 0 Å². The third-order valence-electron chi connectivity index (χ3n) is 4.32. The smallest absolute Gasteiger partial charge is 0.255 e. The SMILES string of the molecule is NC(=O)[C@H]1CCCN(C(=O)c2ccccc2Nc2ccccc2)C1. The zero-order valence-corrected chi connectivity index (χ0v) is 13.4. The molecule has 0 spiro atoms. The summed E-state index contributed by atoms with van der Waals surface area (Å²) < 4.78 is 0. The zero-order valence-electron chi connectivity index (χ0n) is 13.4. The molecule has 0 unspecified atom stereocenters. The van der Waals surface area contributed by atoms with E-state index in [1.165, 1.54) is 0 Å². The molecule has 24 heavy (non-hydrogen) atoms. The second-order valence-electron chi connectivity index (χ2n) is 6.03. The summed E-state index contributed by atoms with van der Waals surface area (Å²) in [7, 11) is 0. The summed E-state index contributed by atoms with van der Waals surface area (Å²) in [4.78, 5) is 26.1. The van der Waals surface area contributed by atoms with E-state index in [4.69, 9.17) is 5.73 Å². The Morgan fingerprint density at radius 3 is 2.50 bits per heavy atom. The van der Waals surface area contributed by atoms with E-state index in [2.05, 4.69) is 5.32 Å². The van der Waals surface area contributed by atoms with Gasteiger partial charge in [-0.1, -0.05) is 30.3 Å². The van der Waals surface area contributed by atoms with E-state index in [0.29, 0.717) is 18.7 Å². The van der Waals surface area contributed by atoms with Crippen LogP contribution in [0, 0.1) is 5.92 Å². The summed E-state index contributed by atoms with van der Waals surface area (Å²) in [5.74, 6) is -0.653. The van der Waals surface area contributed by atoms with E-state index in [1.807, 2.05) is 54.6 Å². The highest BCUT2D eigenvalue weighted by molar-refractivity contribution is 6.00. The summed E-state index contributed by atoms with van der Waals surface area (Å²) in [6, 6.07) is 17.2. The molecule has 1 fully saturated rings. The highest BCUT2D eigenvalue weighted by Gasteiger charge is 2.28. The molecule has 2 amide bonds. The Bertz CT molecular complexity index is 730. The fourth-order valence-electron chi connectivity index (χ4n) is 3.02. The van der Waals surface area contributed by atoms with E-state index in [0.717, 1.165) is 24.2 Å². The van der Waals surface area contributed by atoms with Gasteiger partial charge in [-0.2, -0.15) is 0 Å². The van der Waals surface area contributed by atoms with Gasteiger partial charge in [0.05, 0.1) is 17.2 Å². The van der Waals surface area contributed by atoms with Gasteiger partial charge in [-0.15, -0.1) is 0 Å². The Hall–Kier alpha value is -2.82. The lowest BCUT2D eigenvalue weighted by molar-refractivity contribution is -0.123. The van der Waals surface area contributed by atoms with Crippen molar-refractivity contribution in [2.45, 2.75) is 12.8 Å². The minimum absolute atomic E-state index is 0.0695. The third-order valence-corrected chi connectivity index (χ3v) is 4.32. The van der Waals surface area contributed by atoms with Crippen LogP contribution in [-0.2, 0) is 4.79 Å². The van der Waals surface area contributed by atoms with Crippen molar-refractivity contribution in [2.24, 2.45) is 11.7 Å². The van der Waals surface area contributed by atoms with Crippen LogP contribution in [0.5, 0.6) is 0 Å². The quantitative estimate of drug-likeness (QED) is 0.908. The number of nitrogens with zero attached hydrogens (tertiary/aromatic N) is 1. The maximum absolute atomic E-state index is 12.9. The zero-order chi connectivity index (χ0) is 16.9. The van der Waals surface area contributed by atoms with Gasteiger partial charge >= 0.3 is 0 Å². The molecule has 0 bridgehead atoms. The summed E-state index contributed by atoms with van der Waals surface area (Å²) in [5.41, 5.74) is 7.70. The largest absolute Gasteiger partial charge is 0.369 e. The first-order valence-corrected chi connectivity index (χ1v) is 8.15. The van der Waals surface area contributed by atoms with E-state index >= 15 is 0 Å². The number of piperidine rings is 1. The van der Waals surface area contributed by atoms with Gasteiger partial charge in [0, 0.05) is 18.8 Å². The number of anilines is 2. The van der Waals surface area contributed by atoms with Gasteiger partial charge < -0.3 is 16.0 Å². The minimum atomic E-state index is -0.330. The average molecular weight is 323 g/mol. The van der Waals surface area contributed by atoms with Crippen molar-refractivity contribution in [3.8, 4) is 0 Å². The molecule has 5 nitrogen and oxygen atoms in total. The van der Waals surface area contributed by atoms with Gasteiger partial charge in [-0.25, -0.2) is 0 Å². The fraction of sp³-hybridized carbons (Fsp3) is 0.263. The maximum atomic E-state index is 12.9. The van der Waals surface area contributed by atoms with Crippen LogP contribution < -0.4 is 11.1 Å². The van der Waals surface area contributed by atoms with Crippen LogP contribution >= 0.6 is 0 Å². The number of carbonyl (C=O) groups excluding carboxylic acids is 2. The topological polar surface area (TPSA) is 75.4 Å². The second-order valence-corrected chi connectivity index (χ2v) is 6.03. The van der Waals surface area contributed by atoms with Gasteiger partial charge in [0.2, 0.25) is 5.91 Å². The first-order valence-electron chi connectivity index (χ1n) is 8.15. The summed E-state index contributed by atoms with van der Waals surface area (Å²) in [5, 5.41) is 3.29. The lowest BCUT2D eigenvalue weighted by Crippen LogP contribution is -2.44. The Kier molecular flexibility index (Phi) is 4.79. The standard InChI is InChI=1S/C19H21N3O2/c20-18(23)14-7-6-12-22(13-14)19(24)16-10-4-5-11-17(16)21-15-8-2-1-3-9-15/h1-5,8-11,14,21H,6-7,12-13H2,(H2,20,23)/t14-/m0/s1. The Morgan fingerprint density at radius 1 is 1.04 bits per heavy atom. The molecule has 0 aliphatic carbocycles. The molecule has 3 rings (SSSR count). The van der Waals surface area contributed by atoms with Crippen molar-refractivity contribution >= 4 is 23.2 Å². The molecule has 1 atom stereocenters. The Balaban J connectivity index is 1.81. The molecular weight excluding hydrogens is 302 g/mol. The molecule has 5 heteroatoms. The number of para-hydroxylation sites is 2. The Labute approximate surface area is 141 Å². The second kappa shape index (κ2) is 7.17. The summed E-state index contributed by atoms with van der Waals surface area (Å²) in [6.07, 6.45) is 1.55. The molecule has 0 aromatic heterocycles. The van der Waals surface area contributed by atoms with Crippen molar-refractivity contribution in [1.82, 2.24) is 4.90 Å². The van der Waals surface area contributed by atoms with E-state index in [1.54, 1.807) is 4.90 Å². The minimum Gasteiger partial charge on any atom is -0.369 e. The van der Waals surface area contributed by atoms with E-state index in [-0.39, 0.29) is 17.7 Å². The van der Waals surface area contributed by atoms with Crippen LogP contribution in [0.4, 0.5) is 11.4 Å². The molecule has 1 saturated heterocycles. The first-order chi connectivity index (χ1) is 11.6. The van der Waals surface area contributed by atoms with Crippen molar-refractivity contribution in [2.75, 3.05) is 18.4 Å². The van der Waals surface area contributed by atoms with Crippen LogP contribution in [-0.4, -0.2) is 29.8 Å². The highest BCUT2D eigenvalue weighted by Crippen LogP contribution is 2.24. The van der Waals surface area contributed by atoms with Crippen LogP contribution in [0.25, 0.3) is 0 Å². The van der Waals surface area contributed by atoms with Crippen molar-refractivity contribution < 1.29 is 9.59 Å². The number of rotatable bonds is 4. The first kappa shape index (κ1) is 16.1. The van der Waals surface area contributed by atoms with Crippen LogP contribution in [0.1, 0.15) is 23.2 Å². The number of hydrogen-bond acceptors (Lipinski definition) is 3. The molecule has 124 valence electrons. The fourth-order valence-corrected chi connectivity index (χ4v) is 3.02. The molecule has 1 aliphatic rings. The van der Waals surface area contributed by atoms with E-state index in [9.17, 15) is 9.59 Å². The number of primary amides is 1. The number of amides is 2.